The Morgan fingerprint density at radius 2 is 1.83 bits per heavy atom. The second-order valence-electron chi connectivity index (χ2n) is 0.540. The van der Waals surface area contributed by atoms with Gasteiger partial charge in [0.1, 0.15) is 3.74 Å². The Morgan fingerprint density at radius 1 is 1.33 bits per heavy atom. The van der Waals surface area contributed by atoms with Crippen LogP contribution >= 0.6 is 47.8 Å². The Balaban J connectivity index is 3.20. The zero-order valence-corrected chi connectivity index (χ0v) is 7.47. The van der Waals surface area contributed by atoms with Crippen molar-refractivity contribution in [1.29, 1.82) is 0 Å². The lowest BCUT2D eigenvalue weighted by Crippen LogP contribution is -1.69. The van der Waals surface area contributed by atoms with E-state index in [1.165, 1.54) is 0 Å². The van der Waals surface area contributed by atoms with Crippen LogP contribution < -0.4 is 0 Å². The fraction of sp³-hybridized carbons (Fsp3) is 0.333. The second-order valence-corrected chi connectivity index (χ2v) is 4.00. The molecule has 0 nitrogen and oxygen atoms in total. The predicted octanol–water partition coefficient (Wildman–Crippen LogP) is 2.46. The van der Waals surface area contributed by atoms with Gasteiger partial charge in [-0.25, -0.2) is 0 Å². The third kappa shape index (κ3) is 5.00. The maximum atomic E-state index is 3.15. The van der Waals surface area contributed by atoms with Gasteiger partial charge in [0.25, 0.3) is 0 Å². The van der Waals surface area contributed by atoms with E-state index in [2.05, 4.69) is 58.5 Å². The predicted molar refractivity (Wildman–Crippen MR) is 38.3 cm³/mol. The Kier molecular flexibility index (Phi) is 4.86. The van der Waals surface area contributed by atoms with E-state index in [4.69, 9.17) is 0 Å². The molecule has 0 fully saturated rings. The molecule has 0 rings (SSSR count). The number of rotatable bonds is 0. The molecule has 0 unspecified atom stereocenters. The highest BCUT2D eigenvalue weighted by Gasteiger charge is 1.82. The highest BCUT2D eigenvalue weighted by atomic mass is 79.9. The molecular formula is C3HBr3. The average Bonchev–Trinajstić information content (AvgIpc) is 1.35. The van der Waals surface area contributed by atoms with Crippen LogP contribution in [-0.4, -0.2) is 3.74 Å². The van der Waals surface area contributed by atoms with Crippen LogP contribution in [-0.2, 0) is 0 Å². The first-order valence-corrected chi connectivity index (χ1v) is 3.79. The Morgan fingerprint density at radius 3 is 1.83 bits per heavy atom. The molecule has 3 heteroatoms. The van der Waals surface area contributed by atoms with Crippen LogP contribution in [0.1, 0.15) is 0 Å². The maximum Gasteiger partial charge on any atom is 0.131 e. The van der Waals surface area contributed by atoms with Crippen molar-refractivity contribution in [3.05, 3.63) is 0 Å². The summed E-state index contributed by atoms with van der Waals surface area (Å²) in [7, 11) is 0. The van der Waals surface area contributed by atoms with E-state index in [9.17, 15) is 0 Å². The van der Waals surface area contributed by atoms with Gasteiger partial charge in [-0.15, -0.1) is 0 Å². The van der Waals surface area contributed by atoms with Crippen molar-refractivity contribution in [3.8, 4) is 10.8 Å². The molecule has 6 heavy (non-hydrogen) atoms. The molecule has 0 aromatic heterocycles. The van der Waals surface area contributed by atoms with Crippen LogP contribution in [0.25, 0.3) is 0 Å². The topological polar surface area (TPSA) is 0 Å². The van der Waals surface area contributed by atoms with Gasteiger partial charge in [-0.3, -0.25) is 0 Å². The highest BCUT2D eigenvalue weighted by Crippen LogP contribution is 2.04. The van der Waals surface area contributed by atoms with Crippen LogP contribution in [0.2, 0.25) is 0 Å². The molecule has 0 heterocycles. The number of hydrogen-bond donors (Lipinski definition) is 0. The summed E-state index contributed by atoms with van der Waals surface area (Å²) in [4.78, 5) is 2.54. The maximum absolute atomic E-state index is 3.15. The normalized spacial score (nSPS) is 7.33. The van der Waals surface area contributed by atoms with E-state index in [0.29, 0.717) is 0 Å². The van der Waals surface area contributed by atoms with Crippen molar-refractivity contribution in [2.75, 3.05) is 0 Å². The molecule has 0 bridgehead atoms. The quantitative estimate of drug-likeness (QED) is 0.471. The minimum Gasteiger partial charge on any atom is -0.0640 e. The first-order chi connectivity index (χ1) is 2.77. The monoisotopic (exact) mass is 274 g/mol. The van der Waals surface area contributed by atoms with Gasteiger partial charge in [0, 0.05) is 15.9 Å². The van der Waals surface area contributed by atoms with Gasteiger partial charge in [-0.1, -0.05) is 37.8 Å². The largest absolute Gasteiger partial charge is 0.131 e. The summed E-state index contributed by atoms with van der Waals surface area (Å²) in [5.41, 5.74) is 0. The van der Waals surface area contributed by atoms with Gasteiger partial charge < -0.3 is 0 Å². The number of hydrogen-bond acceptors (Lipinski definition) is 0. The fourth-order valence-electron chi connectivity index (χ4n) is 0.0412. The van der Waals surface area contributed by atoms with Crippen LogP contribution in [0.15, 0.2) is 0 Å². The van der Waals surface area contributed by atoms with Crippen LogP contribution in [0.4, 0.5) is 0 Å². The molecule has 0 N–H and O–H groups in total. The van der Waals surface area contributed by atoms with E-state index in [-0.39, 0.29) is 3.74 Å². The fourth-order valence-corrected chi connectivity index (χ4v) is 1.11. The first-order valence-electron chi connectivity index (χ1n) is 1.16. The van der Waals surface area contributed by atoms with Gasteiger partial charge >= 0.3 is 0 Å². The molecule has 0 spiro atoms. The van der Waals surface area contributed by atoms with E-state index in [0.717, 1.165) is 0 Å². The van der Waals surface area contributed by atoms with Crippen molar-refractivity contribution in [2.24, 2.45) is 0 Å². The van der Waals surface area contributed by atoms with Crippen molar-refractivity contribution in [3.63, 3.8) is 0 Å². The zero-order chi connectivity index (χ0) is 4.99. The van der Waals surface area contributed by atoms with Gasteiger partial charge in [-0.05, 0) is 4.83 Å². The highest BCUT2D eigenvalue weighted by molar-refractivity contribution is 9.24. The molecule has 0 aliphatic heterocycles. The Hall–Kier alpha value is 1.00. The van der Waals surface area contributed by atoms with Crippen molar-refractivity contribution < 1.29 is 0 Å². The smallest absolute Gasteiger partial charge is 0.0640 e. The van der Waals surface area contributed by atoms with Crippen LogP contribution in [0.5, 0.6) is 0 Å². The zero-order valence-electron chi connectivity index (χ0n) is 2.71. The van der Waals surface area contributed by atoms with Gasteiger partial charge in [0.2, 0.25) is 0 Å². The summed E-state index contributed by atoms with van der Waals surface area (Å²) in [6, 6.07) is 0. The summed E-state index contributed by atoms with van der Waals surface area (Å²) in [6.07, 6.45) is 0. The lowest BCUT2D eigenvalue weighted by molar-refractivity contribution is 1.90. The molecule has 0 atom stereocenters. The molecule has 0 aromatic rings. The number of alkyl halides is 2. The lowest BCUT2D eigenvalue weighted by atomic mass is 10.8. The van der Waals surface area contributed by atoms with Crippen LogP contribution in [0.3, 0.4) is 0 Å². The van der Waals surface area contributed by atoms with Gasteiger partial charge in [0.05, 0.1) is 0 Å². The summed E-state index contributed by atoms with van der Waals surface area (Å²) < 4.78 is 0.115. The third-order valence-corrected chi connectivity index (χ3v) is 0.850. The average molecular weight is 277 g/mol. The molecule has 0 aliphatic carbocycles. The first kappa shape index (κ1) is 7.00. The molecule has 0 saturated heterocycles. The summed E-state index contributed by atoms with van der Waals surface area (Å²) in [6.45, 7) is 0. The molecule has 0 radical (unpaired) electrons. The van der Waals surface area contributed by atoms with Gasteiger partial charge in [0.15, 0.2) is 0 Å². The van der Waals surface area contributed by atoms with Crippen LogP contribution in [0, 0.1) is 10.8 Å². The summed E-state index contributed by atoms with van der Waals surface area (Å²) >= 11 is 9.22. The minimum absolute atomic E-state index is 0.115. The van der Waals surface area contributed by atoms with E-state index in [1.54, 1.807) is 0 Å². The molecule has 0 saturated carbocycles. The van der Waals surface area contributed by atoms with E-state index in [1.807, 2.05) is 0 Å². The number of halogens is 3. The van der Waals surface area contributed by atoms with Crippen molar-refractivity contribution in [2.45, 2.75) is 3.74 Å². The minimum atomic E-state index is 0.115. The summed E-state index contributed by atoms with van der Waals surface area (Å²) in [5, 5.41) is 0. The van der Waals surface area contributed by atoms with Crippen molar-refractivity contribution in [1.82, 2.24) is 0 Å². The SMILES string of the molecule is BrC#CC(Br)Br. The van der Waals surface area contributed by atoms with Crippen molar-refractivity contribution >= 4 is 47.8 Å². The standard InChI is InChI=1S/C3HBr3/c4-2-1-3(5)6/h3H. The van der Waals surface area contributed by atoms with Gasteiger partial charge in [-0.2, -0.15) is 0 Å². The summed E-state index contributed by atoms with van der Waals surface area (Å²) in [5.74, 6) is 2.71. The Bertz CT molecular complexity index is 75.8. The van der Waals surface area contributed by atoms with E-state index < -0.39 is 0 Å². The molecular weight excluding hydrogens is 276 g/mol. The lowest BCUT2D eigenvalue weighted by Gasteiger charge is -1.76. The van der Waals surface area contributed by atoms with E-state index >= 15 is 0 Å². The Labute approximate surface area is 62.1 Å². The molecule has 0 aliphatic rings. The molecule has 0 aromatic carbocycles. The molecule has 0 amide bonds. The molecule has 34 valence electrons. The third-order valence-electron chi connectivity index (χ3n) is 0.164. The second kappa shape index (κ2) is 4.17.